The zero-order valence-corrected chi connectivity index (χ0v) is 18.3. The van der Waals surface area contributed by atoms with Gasteiger partial charge in [-0.2, -0.15) is 35.1 Å². The van der Waals surface area contributed by atoms with E-state index in [4.69, 9.17) is 4.43 Å². The van der Waals surface area contributed by atoms with Crippen LogP contribution in [0.5, 0.6) is 0 Å². The van der Waals surface area contributed by atoms with E-state index in [0.717, 1.165) is 6.55 Å². The average Bonchev–Trinajstić information content (AvgIpc) is 2.63. The molecule has 0 amide bonds. The SMILES string of the molecule is C=CC(O[SiH](C)C)([SiH2]C)C(F)C(F)(F)C(F)(F)C(F)(F)C(F)(F)C(F)C(F)C(F)F. The highest BCUT2D eigenvalue weighted by atomic mass is 28.3. The van der Waals surface area contributed by atoms with Gasteiger partial charge in [0.05, 0.1) is 14.7 Å². The van der Waals surface area contributed by atoms with Gasteiger partial charge in [0.25, 0.3) is 6.43 Å². The van der Waals surface area contributed by atoms with Gasteiger partial charge < -0.3 is 4.43 Å². The highest BCUT2D eigenvalue weighted by Gasteiger charge is 2.85. The molecule has 180 valence electrons. The summed E-state index contributed by atoms with van der Waals surface area (Å²) in [7, 11) is -4.80. The molecule has 0 aromatic carbocycles. The van der Waals surface area contributed by atoms with Gasteiger partial charge >= 0.3 is 23.7 Å². The molecule has 0 spiro atoms. The van der Waals surface area contributed by atoms with Crippen molar-refractivity contribution in [2.75, 3.05) is 0 Å². The first-order valence-corrected chi connectivity index (χ1v) is 13.1. The molecule has 4 atom stereocenters. The van der Waals surface area contributed by atoms with E-state index >= 15 is 0 Å². The fourth-order valence-corrected chi connectivity index (χ4v) is 6.11. The first kappa shape index (κ1) is 29.2. The Kier molecular flexibility index (Phi) is 9.14. The lowest BCUT2D eigenvalue weighted by Gasteiger charge is -2.44. The van der Waals surface area contributed by atoms with Gasteiger partial charge in [-0.25, -0.2) is 22.0 Å². The smallest absolute Gasteiger partial charge is 0.381 e. The quantitative estimate of drug-likeness (QED) is 0.208. The van der Waals surface area contributed by atoms with E-state index in [-0.39, 0.29) is 0 Å². The standard InChI is InChI=1S/C14H19F13OSi2/c1-5-10(29-2,28-30(3)4)9(19)12(22,23)14(26,27)13(24,25)11(20,21)7(16)6(15)8(17)18/h5-9,30H,1,29H2,2-4H3. The zero-order valence-electron chi connectivity index (χ0n) is 15.7. The molecule has 0 saturated heterocycles. The molecular formula is C14H19F13OSi2. The molecule has 0 aliphatic carbocycles. The molecule has 1 nitrogen and oxygen atoms in total. The number of halogens is 13. The maximum absolute atomic E-state index is 14.5. The Labute approximate surface area is 167 Å². The molecule has 0 aromatic heterocycles. The van der Waals surface area contributed by atoms with Crippen LogP contribution in [0.4, 0.5) is 57.1 Å². The van der Waals surface area contributed by atoms with Gasteiger partial charge in [-0.3, -0.25) is 0 Å². The van der Waals surface area contributed by atoms with Crippen molar-refractivity contribution in [1.82, 2.24) is 0 Å². The fraction of sp³-hybridized carbons (Fsp3) is 0.857. The molecule has 4 unspecified atom stereocenters. The average molecular weight is 506 g/mol. The van der Waals surface area contributed by atoms with Gasteiger partial charge in [0.1, 0.15) is 0 Å². The molecule has 0 aliphatic rings. The second-order valence-corrected chi connectivity index (χ2v) is 10.8. The lowest BCUT2D eigenvalue weighted by Crippen LogP contribution is -2.71. The molecule has 0 aliphatic heterocycles. The van der Waals surface area contributed by atoms with Crippen LogP contribution in [0.1, 0.15) is 0 Å². The predicted octanol–water partition coefficient (Wildman–Crippen LogP) is 4.91. The van der Waals surface area contributed by atoms with E-state index in [9.17, 15) is 57.1 Å². The molecule has 0 fully saturated rings. The van der Waals surface area contributed by atoms with Crippen molar-refractivity contribution in [3.05, 3.63) is 12.7 Å². The van der Waals surface area contributed by atoms with E-state index in [1.807, 2.05) is 0 Å². The number of alkyl halides is 13. The monoisotopic (exact) mass is 506 g/mol. The van der Waals surface area contributed by atoms with E-state index in [1.165, 1.54) is 13.1 Å². The summed E-state index contributed by atoms with van der Waals surface area (Å²) in [4.78, 5) is 0. The summed E-state index contributed by atoms with van der Waals surface area (Å²) in [5, 5.41) is -2.88. The van der Waals surface area contributed by atoms with Crippen LogP contribution >= 0.6 is 0 Å². The second kappa shape index (κ2) is 9.38. The molecule has 0 aromatic rings. The van der Waals surface area contributed by atoms with Crippen LogP contribution < -0.4 is 0 Å². The minimum atomic E-state index is -7.47. The van der Waals surface area contributed by atoms with Crippen molar-refractivity contribution in [2.45, 2.75) is 73.5 Å². The number of rotatable bonds is 12. The zero-order chi connectivity index (χ0) is 24.5. The van der Waals surface area contributed by atoms with E-state index < -0.39 is 72.4 Å². The maximum atomic E-state index is 14.5. The third-order valence-electron chi connectivity index (χ3n) is 4.20. The highest BCUT2D eigenvalue weighted by Crippen LogP contribution is 2.57. The van der Waals surface area contributed by atoms with Crippen LogP contribution in [-0.4, -0.2) is 72.4 Å². The summed E-state index contributed by atoms with van der Waals surface area (Å²) in [6.07, 6.45) is -18.7. The van der Waals surface area contributed by atoms with Crippen LogP contribution in [0, 0.1) is 0 Å². The van der Waals surface area contributed by atoms with Crippen molar-refractivity contribution in [3.63, 3.8) is 0 Å². The topological polar surface area (TPSA) is 9.23 Å². The summed E-state index contributed by atoms with van der Waals surface area (Å²) < 4.78 is 180. The van der Waals surface area contributed by atoms with Crippen LogP contribution in [0.2, 0.25) is 19.6 Å². The van der Waals surface area contributed by atoms with Gasteiger partial charge in [0.15, 0.2) is 21.4 Å². The Morgan fingerprint density at radius 1 is 0.833 bits per heavy atom. The Morgan fingerprint density at radius 2 is 1.23 bits per heavy atom. The Balaban J connectivity index is 6.43. The highest BCUT2D eigenvalue weighted by molar-refractivity contribution is 6.51. The van der Waals surface area contributed by atoms with Crippen molar-refractivity contribution < 1.29 is 61.5 Å². The van der Waals surface area contributed by atoms with Crippen molar-refractivity contribution in [2.24, 2.45) is 0 Å². The summed E-state index contributed by atoms with van der Waals surface area (Å²) in [5.74, 6) is -28.5. The lowest BCUT2D eigenvalue weighted by molar-refractivity contribution is -0.390. The third-order valence-corrected chi connectivity index (χ3v) is 7.36. The van der Waals surface area contributed by atoms with Crippen LogP contribution in [0.15, 0.2) is 12.7 Å². The first-order chi connectivity index (χ1) is 13.2. The van der Waals surface area contributed by atoms with Crippen LogP contribution in [0.25, 0.3) is 0 Å². The third kappa shape index (κ3) is 4.68. The molecule has 0 heterocycles. The molecule has 0 bridgehead atoms. The normalized spacial score (nSPS) is 19.9. The van der Waals surface area contributed by atoms with Gasteiger partial charge in [-0.1, -0.05) is 12.6 Å². The number of hydrogen-bond acceptors (Lipinski definition) is 1. The van der Waals surface area contributed by atoms with Crippen molar-refractivity contribution >= 4 is 18.6 Å². The first-order valence-electron chi connectivity index (χ1n) is 8.24. The van der Waals surface area contributed by atoms with E-state index in [2.05, 4.69) is 6.58 Å². The largest absolute Gasteiger partial charge is 0.412 e. The van der Waals surface area contributed by atoms with Crippen molar-refractivity contribution in [1.29, 1.82) is 0 Å². The summed E-state index contributed by atoms with van der Waals surface area (Å²) in [5.41, 5.74) is 0. The minimum absolute atomic E-state index is 0.323. The summed E-state index contributed by atoms with van der Waals surface area (Å²) in [6.45, 7) is 6.54. The fourth-order valence-electron chi connectivity index (χ4n) is 2.44. The predicted molar refractivity (Wildman–Crippen MR) is 87.8 cm³/mol. The van der Waals surface area contributed by atoms with Gasteiger partial charge in [-0.15, -0.1) is 6.58 Å². The maximum Gasteiger partial charge on any atom is 0.381 e. The summed E-state index contributed by atoms with van der Waals surface area (Å²) >= 11 is 0. The molecule has 16 heteroatoms. The molecular weight excluding hydrogens is 487 g/mol. The molecule has 30 heavy (non-hydrogen) atoms. The van der Waals surface area contributed by atoms with E-state index in [0.29, 0.717) is 6.08 Å². The Bertz CT molecular complexity index is 586. The van der Waals surface area contributed by atoms with Crippen molar-refractivity contribution in [3.8, 4) is 0 Å². The van der Waals surface area contributed by atoms with Gasteiger partial charge in [-0.05, 0) is 13.1 Å². The second-order valence-electron chi connectivity index (χ2n) is 6.62. The van der Waals surface area contributed by atoms with Crippen LogP contribution in [0.3, 0.4) is 0 Å². The van der Waals surface area contributed by atoms with Gasteiger partial charge in [0.2, 0.25) is 6.17 Å². The Hall–Kier alpha value is -0.776. The lowest BCUT2D eigenvalue weighted by atomic mass is 9.90. The minimum Gasteiger partial charge on any atom is -0.412 e. The van der Waals surface area contributed by atoms with Gasteiger partial charge in [0, 0.05) is 0 Å². The summed E-state index contributed by atoms with van der Waals surface area (Å²) in [6, 6.07) is 0. The molecule has 0 rings (SSSR count). The van der Waals surface area contributed by atoms with E-state index in [1.54, 1.807) is 0 Å². The molecule has 0 saturated carbocycles. The molecule has 0 N–H and O–H groups in total. The number of hydrogen-bond donors (Lipinski definition) is 0. The van der Waals surface area contributed by atoms with Crippen LogP contribution in [-0.2, 0) is 4.43 Å². The Morgan fingerprint density at radius 3 is 1.53 bits per heavy atom. The molecule has 0 radical (unpaired) electrons.